The van der Waals surface area contributed by atoms with Gasteiger partial charge in [0.05, 0.1) is 29.6 Å². The second-order valence-electron chi connectivity index (χ2n) is 19.0. The highest BCUT2D eigenvalue weighted by Gasteiger charge is 2.52. The van der Waals surface area contributed by atoms with E-state index in [2.05, 4.69) is 63.3 Å². The smallest absolute Gasteiger partial charge is 0.316 e. The molecule has 63 heavy (non-hydrogen) atoms. The van der Waals surface area contributed by atoms with Crippen molar-refractivity contribution in [3.8, 4) is 0 Å². The Hall–Kier alpha value is -3.31. The molecule has 5 rings (SSSR count). The van der Waals surface area contributed by atoms with Gasteiger partial charge in [-0.15, -0.1) is 0 Å². The first-order chi connectivity index (χ1) is 29.8. The number of piperazine rings is 1. The maximum Gasteiger partial charge on any atom is 0.316 e. The van der Waals surface area contributed by atoms with Gasteiger partial charge in [0.25, 0.3) is 0 Å². The molecular formula is C49H76N4O10. The lowest BCUT2D eigenvalue weighted by molar-refractivity contribution is -0.296. The Bertz CT molecular complexity index is 1870. The Kier molecular flexibility index (Phi) is 17.9. The molecule has 13 atom stereocenters. The minimum absolute atomic E-state index is 0.175. The second-order valence-corrected chi connectivity index (χ2v) is 19.0. The van der Waals surface area contributed by atoms with Crippen molar-refractivity contribution in [2.45, 2.75) is 135 Å². The highest BCUT2D eigenvalue weighted by atomic mass is 16.7. The third-order valence-electron chi connectivity index (χ3n) is 14.0. The van der Waals surface area contributed by atoms with E-state index >= 15 is 0 Å². The molecule has 2 aromatic carbocycles. The maximum absolute atomic E-state index is 14.4. The zero-order valence-electron chi connectivity index (χ0n) is 39.6. The van der Waals surface area contributed by atoms with E-state index in [1.54, 1.807) is 20.8 Å². The number of methoxy groups -OCH3 is 1. The largest absolute Gasteiger partial charge is 0.459 e. The van der Waals surface area contributed by atoms with Crippen molar-refractivity contribution in [2.75, 3.05) is 60.5 Å². The standard InChI is InChI=1S/C49H76N4O10/c1-12-40-49(8,58)44(56)33(4)41(50-60-26-16-15-21-53-24-22-51(9)23-25-53)31(2)29-48(7,59-11)45(34(5)42(54)35(6)46(57)62-40)63-47-43(55)39(27-32(3)61-47)52(10)30-36-19-20-37-17-13-14-18-38(37)28-36/h13-20,28,31-35,39-40,43-45,47,55-56,58H,12,21-27,29-30H2,1-11H3/b16-15+,50-41+/t31-,32-,33+,34+,35-,39+,40-,43-,44-,45-,47+,48+,49-/m1/s1. The fourth-order valence-electron chi connectivity index (χ4n) is 9.76. The zero-order valence-corrected chi connectivity index (χ0v) is 39.6. The third kappa shape index (κ3) is 12.3. The van der Waals surface area contributed by atoms with Gasteiger partial charge in [-0.1, -0.05) is 75.3 Å². The number of hydrogen-bond donors (Lipinski definition) is 3. The summed E-state index contributed by atoms with van der Waals surface area (Å²) in [4.78, 5) is 40.9. The molecule has 2 aromatic rings. The average molecular weight is 881 g/mol. The van der Waals surface area contributed by atoms with Gasteiger partial charge in [0.1, 0.15) is 30.3 Å². The summed E-state index contributed by atoms with van der Waals surface area (Å²) in [7, 11) is 5.64. The first-order valence-electron chi connectivity index (χ1n) is 22.9. The van der Waals surface area contributed by atoms with E-state index in [4.69, 9.17) is 23.8 Å². The molecule has 352 valence electrons. The summed E-state index contributed by atoms with van der Waals surface area (Å²) >= 11 is 0. The number of carbonyl (C=O) groups is 2. The summed E-state index contributed by atoms with van der Waals surface area (Å²) in [5.41, 5.74) is -1.62. The van der Waals surface area contributed by atoms with Gasteiger partial charge in [0.15, 0.2) is 12.1 Å². The molecule has 0 spiro atoms. The summed E-state index contributed by atoms with van der Waals surface area (Å²) in [6, 6.07) is 14.2. The zero-order chi connectivity index (χ0) is 46.2. The van der Waals surface area contributed by atoms with Gasteiger partial charge in [0.2, 0.25) is 0 Å². The van der Waals surface area contributed by atoms with E-state index < -0.39 is 77.3 Å². The topological polar surface area (TPSA) is 163 Å². The molecule has 3 heterocycles. The van der Waals surface area contributed by atoms with E-state index in [0.717, 1.165) is 49.1 Å². The number of fused-ring (bicyclic) bond motifs is 1. The predicted molar refractivity (Wildman–Crippen MR) is 244 cm³/mol. The van der Waals surface area contributed by atoms with Crippen molar-refractivity contribution in [2.24, 2.45) is 28.8 Å². The Labute approximate surface area is 375 Å². The summed E-state index contributed by atoms with van der Waals surface area (Å²) < 4.78 is 25.4. The van der Waals surface area contributed by atoms with Gasteiger partial charge >= 0.3 is 5.97 Å². The second kappa shape index (κ2) is 22.3. The molecule has 0 saturated carbocycles. The number of aliphatic hydroxyl groups is 3. The number of carbonyl (C=O) groups excluding carboxylic acids is 2. The van der Waals surface area contributed by atoms with Crippen molar-refractivity contribution < 1.29 is 48.7 Å². The van der Waals surface area contributed by atoms with Crippen molar-refractivity contribution in [3.63, 3.8) is 0 Å². The minimum Gasteiger partial charge on any atom is -0.459 e. The Morgan fingerprint density at radius 2 is 1.65 bits per heavy atom. The Morgan fingerprint density at radius 3 is 2.32 bits per heavy atom. The number of oxime groups is 1. The lowest BCUT2D eigenvalue weighted by Crippen LogP contribution is -2.60. The quantitative estimate of drug-likeness (QED) is 0.0855. The van der Waals surface area contributed by atoms with Crippen molar-refractivity contribution in [3.05, 3.63) is 60.2 Å². The Morgan fingerprint density at radius 1 is 0.968 bits per heavy atom. The van der Waals surface area contributed by atoms with E-state index in [1.165, 1.54) is 21.0 Å². The van der Waals surface area contributed by atoms with Gasteiger partial charge in [-0.3, -0.25) is 19.4 Å². The summed E-state index contributed by atoms with van der Waals surface area (Å²) in [6.45, 7) is 19.4. The van der Waals surface area contributed by atoms with Gasteiger partial charge in [-0.05, 0) is 89.5 Å². The number of rotatable bonds is 12. The van der Waals surface area contributed by atoms with Crippen molar-refractivity contribution in [1.29, 1.82) is 0 Å². The summed E-state index contributed by atoms with van der Waals surface area (Å²) in [5, 5.41) is 42.8. The number of benzene rings is 2. The molecule has 0 radical (unpaired) electrons. The third-order valence-corrected chi connectivity index (χ3v) is 14.0. The fraction of sp³-hybridized carbons (Fsp3) is 0.694. The van der Waals surface area contributed by atoms with Crippen LogP contribution in [-0.4, -0.2) is 162 Å². The van der Waals surface area contributed by atoms with Crippen LogP contribution < -0.4 is 0 Å². The molecular weight excluding hydrogens is 805 g/mol. The molecule has 14 nitrogen and oxygen atoms in total. The first kappa shape index (κ1) is 50.7. The normalized spacial score (nSPS) is 36.8. The molecule has 0 aromatic heterocycles. The number of aliphatic hydroxyl groups excluding tert-OH is 2. The van der Waals surface area contributed by atoms with Crippen LogP contribution in [0.5, 0.6) is 0 Å². The van der Waals surface area contributed by atoms with Gasteiger partial charge in [0, 0.05) is 70.2 Å². The molecule has 14 heteroatoms. The van der Waals surface area contributed by atoms with Crippen LogP contribution in [0.3, 0.4) is 0 Å². The minimum atomic E-state index is -1.91. The number of ether oxygens (including phenoxy) is 4. The SMILES string of the molecule is CC[C@H]1OC(=O)[C@H](C)C(=O)[C@H](C)[C@@H](O[C@@H]2O[C@H](C)C[C@H](N(C)Cc3ccc4ccccc4c3)[C@H]2O)[C@@](C)(OC)C[C@@H](C)/C(=N\OC/C=C/CN2CCN(C)CC2)[C@H](C)[C@@H](O)[C@]1(C)O. The number of hydrogen-bond acceptors (Lipinski definition) is 14. The Balaban J connectivity index is 1.45. The van der Waals surface area contributed by atoms with Gasteiger partial charge in [-0.2, -0.15) is 0 Å². The van der Waals surface area contributed by atoms with Gasteiger partial charge in [-0.25, -0.2) is 0 Å². The van der Waals surface area contributed by atoms with Crippen LogP contribution in [0.4, 0.5) is 0 Å². The number of nitrogens with zero attached hydrogens (tertiary/aromatic N) is 4. The predicted octanol–water partition coefficient (Wildman–Crippen LogP) is 5.05. The highest BCUT2D eigenvalue weighted by Crippen LogP contribution is 2.39. The van der Waals surface area contributed by atoms with E-state index in [-0.39, 0.29) is 31.6 Å². The van der Waals surface area contributed by atoms with E-state index in [0.29, 0.717) is 18.7 Å². The molecule has 3 aliphatic heterocycles. The monoisotopic (exact) mass is 881 g/mol. The number of likely N-dealkylation sites (N-methyl/N-ethyl adjacent to an activating group) is 2. The number of Topliss-reactive ketones (excluding diaryl/α,β-unsaturated/α-hetero) is 1. The van der Waals surface area contributed by atoms with Crippen LogP contribution >= 0.6 is 0 Å². The van der Waals surface area contributed by atoms with Crippen molar-refractivity contribution >= 4 is 28.2 Å². The lowest BCUT2D eigenvalue weighted by atomic mass is 9.74. The molecule has 0 unspecified atom stereocenters. The van der Waals surface area contributed by atoms with Gasteiger partial charge < -0.3 is 44.0 Å². The molecule has 0 aliphatic carbocycles. The van der Waals surface area contributed by atoms with Crippen LogP contribution in [-0.2, 0) is 39.9 Å². The number of esters is 1. The molecule has 0 bridgehead atoms. The summed E-state index contributed by atoms with van der Waals surface area (Å²) in [5.74, 6) is -4.75. The molecule has 3 saturated heterocycles. The van der Waals surface area contributed by atoms with Crippen LogP contribution in [0.15, 0.2) is 59.8 Å². The van der Waals surface area contributed by atoms with E-state index in [1.807, 2.05) is 46.0 Å². The lowest BCUT2D eigenvalue weighted by Gasteiger charge is -2.47. The number of cyclic esters (lactones) is 1. The van der Waals surface area contributed by atoms with E-state index in [9.17, 15) is 24.9 Å². The molecule has 3 N–H and O–H groups in total. The average Bonchev–Trinajstić information content (AvgIpc) is 3.26. The summed E-state index contributed by atoms with van der Waals surface area (Å²) in [6.07, 6.45) is -1.29. The molecule has 0 amide bonds. The maximum atomic E-state index is 14.4. The van der Waals surface area contributed by atoms with Crippen LogP contribution in [0.1, 0.15) is 80.2 Å². The van der Waals surface area contributed by atoms with Crippen LogP contribution in [0.2, 0.25) is 0 Å². The molecule has 3 fully saturated rings. The van der Waals surface area contributed by atoms with Crippen LogP contribution in [0, 0.1) is 23.7 Å². The highest BCUT2D eigenvalue weighted by molar-refractivity contribution is 6.00. The number of ketones is 1. The van der Waals surface area contributed by atoms with Crippen LogP contribution in [0.25, 0.3) is 10.8 Å². The fourth-order valence-corrected chi connectivity index (χ4v) is 9.76. The molecule has 3 aliphatic rings. The first-order valence-corrected chi connectivity index (χ1v) is 22.9. The van der Waals surface area contributed by atoms with Crippen molar-refractivity contribution in [1.82, 2.24) is 14.7 Å².